The van der Waals surface area contributed by atoms with E-state index in [0.29, 0.717) is 44.8 Å². The van der Waals surface area contributed by atoms with Crippen molar-refractivity contribution in [2.75, 3.05) is 66.8 Å². The smallest absolute Gasteiger partial charge is 0.237 e. The van der Waals surface area contributed by atoms with Crippen LogP contribution in [0.3, 0.4) is 0 Å². The number of carbonyl (C=O) groups is 2. The fraction of sp³-hybridized carbons (Fsp3) is 0.724. The zero-order valence-corrected chi connectivity index (χ0v) is 24.6. The number of methoxy groups -OCH3 is 2. The number of amides is 2. The summed E-state index contributed by atoms with van der Waals surface area (Å²) >= 11 is 0. The first-order chi connectivity index (χ1) is 19.1. The fourth-order valence-corrected chi connectivity index (χ4v) is 5.12. The number of aliphatic hydroxyl groups is 3. The molecule has 1 aliphatic rings. The first-order valence-corrected chi connectivity index (χ1v) is 14.1. The highest BCUT2D eigenvalue weighted by molar-refractivity contribution is 5.79. The summed E-state index contributed by atoms with van der Waals surface area (Å²) in [4.78, 5) is 30.1. The summed E-state index contributed by atoms with van der Waals surface area (Å²) in [5.41, 5.74) is 0.886. The summed E-state index contributed by atoms with van der Waals surface area (Å²) in [6, 6.07) is 7.24. The predicted octanol–water partition coefficient (Wildman–Crippen LogP) is 0.815. The number of benzene rings is 1. The largest absolute Gasteiger partial charge is 0.497 e. The molecule has 1 heterocycles. The molecule has 1 aromatic rings. The third-order valence-corrected chi connectivity index (χ3v) is 7.50. The number of aliphatic hydroxyl groups excluding tert-OH is 3. The van der Waals surface area contributed by atoms with Gasteiger partial charge in [0.25, 0.3) is 0 Å². The van der Waals surface area contributed by atoms with Crippen molar-refractivity contribution in [3.63, 3.8) is 0 Å². The van der Waals surface area contributed by atoms with Crippen molar-refractivity contribution < 1.29 is 39.1 Å². The van der Waals surface area contributed by atoms with E-state index >= 15 is 0 Å². The molecule has 228 valence electrons. The molecule has 1 fully saturated rings. The van der Waals surface area contributed by atoms with Crippen molar-refractivity contribution in [3.8, 4) is 5.75 Å². The fourth-order valence-electron chi connectivity index (χ4n) is 5.12. The van der Waals surface area contributed by atoms with Gasteiger partial charge in [0, 0.05) is 52.7 Å². The molecule has 0 aliphatic carbocycles. The van der Waals surface area contributed by atoms with Crippen molar-refractivity contribution in [2.45, 2.75) is 58.0 Å². The summed E-state index contributed by atoms with van der Waals surface area (Å²) < 4.78 is 16.7. The SMILES string of the molecule is COc1cccc([C@@H]2[C@@H](C(C)C)CN(C(C)=O)C[C@H](OC)[C@@H](O)[C@@H](O)COCCCCN2C(=O)CNCCO)c1. The van der Waals surface area contributed by atoms with Gasteiger partial charge < -0.3 is 44.6 Å². The van der Waals surface area contributed by atoms with Crippen LogP contribution < -0.4 is 10.1 Å². The van der Waals surface area contributed by atoms with Gasteiger partial charge >= 0.3 is 0 Å². The highest BCUT2D eigenvalue weighted by atomic mass is 16.5. The van der Waals surface area contributed by atoms with Crippen molar-refractivity contribution in [1.29, 1.82) is 0 Å². The second-order valence-electron chi connectivity index (χ2n) is 10.7. The average Bonchev–Trinajstić information content (AvgIpc) is 2.94. The Morgan fingerprint density at radius 3 is 2.55 bits per heavy atom. The Balaban J connectivity index is 2.62. The summed E-state index contributed by atoms with van der Waals surface area (Å²) in [5, 5.41) is 33.6. The third-order valence-electron chi connectivity index (χ3n) is 7.50. The Hall–Kier alpha value is -2.28. The standard InChI is InChI=1S/C29H49N3O8/c1-20(2)24-17-31(21(3)34)18-26(39-5)29(37)25(35)19-40-14-7-6-12-32(27(36)16-30-11-13-33)28(24)22-9-8-10-23(15-22)38-4/h8-10,15,20,24-26,28-30,33,35,37H,6-7,11-14,16-19H2,1-5H3/t24-,25+,26+,28-,29+/m1/s1. The highest BCUT2D eigenvalue weighted by Crippen LogP contribution is 2.36. The van der Waals surface area contributed by atoms with Crippen LogP contribution in [0.4, 0.5) is 0 Å². The van der Waals surface area contributed by atoms with Gasteiger partial charge in [0.2, 0.25) is 11.8 Å². The molecule has 1 saturated heterocycles. The van der Waals surface area contributed by atoms with E-state index in [1.807, 2.05) is 29.2 Å². The minimum atomic E-state index is -1.25. The number of rotatable bonds is 8. The molecule has 11 nitrogen and oxygen atoms in total. The summed E-state index contributed by atoms with van der Waals surface area (Å²) in [6.45, 7) is 6.95. The lowest BCUT2D eigenvalue weighted by Crippen LogP contribution is -2.51. The molecule has 0 spiro atoms. The normalized spacial score (nSPS) is 25.8. The highest BCUT2D eigenvalue weighted by Gasteiger charge is 2.37. The molecule has 0 unspecified atom stereocenters. The van der Waals surface area contributed by atoms with Crippen molar-refractivity contribution in [3.05, 3.63) is 29.8 Å². The lowest BCUT2D eigenvalue weighted by atomic mass is 9.82. The van der Waals surface area contributed by atoms with Crippen LogP contribution in [0.15, 0.2) is 24.3 Å². The lowest BCUT2D eigenvalue weighted by Gasteiger charge is -2.42. The maximum atomic E-state index is 13.7. The Bertz CT molecular complexity index is 902. The molecule has 0 aromatic heterocycles. The first-order valence-electron chi connectivity index (χ1n) is 14.1. The van der Waals surface area contributed by atoms with Crippen LogP contribution in [0.2, 0.25) is 0 Å². The van der Waals surface area contributed by atoms with Gasteiger partial charge in [0.1, 0.15) is 24.1 Å². The van der Waals surface area contributed by atoms with Gasteiger partial charge in [-0.3, -0.25) is 9.59 Å². The minimum absolute atomic E-state index is 0.0503. The molecule has 0 bridgehead atoms. The van der Waals surface area contributed by atoms with E-state index in [1.54, 1.807) is 12.0 Å². The van der Waals surface area contributed by atoms with Crippen LogP contribution in [0.5, 0.6) is 5.75 Å². The van der Waals surface area contributed by atoms with Crippen molar-refractivity contribution >= 4 is 11.8 Å². The van der Waals surface area contributed by atoms with Crippen LogP contribution in [-0.2, 0) is 19.1 Å². The van der Waals surface area contributed by atoms with E-state index < -0.39 is 24.4 Å². The third kappa shape index (κ3) is 9.97. The molecule has 2 rings (SSSR count). The molecular weight excluding hydrogens is 518 g/mol. The number of hydrogen-bond donors (Lipinski definition) is 4. The zero-order chi connectivity index (χ0) is 29.7. The molecular formula is C29H49N3O8. The van der Waals surface area contributed by atoms with Crippen LogP contribution in [-0.4, -0.2) is 122 Å². The molecule has 40 heavy (non-hydrogen) atoms. The molecule has 0 radical (unpaired) electrons. The van der Waals surface area contributed by atoms with Crippen molar-refractivity contribution in [1.82, 2.24) is 15.1 Å². The lowest BCUT2D eigenvalue weighted by molar-refractivity contribution is -0.139. The van der Waals surface area contributed by atoms with Crippen LogP contribution >= 0.6 is 0 Å². The van der Waals surface area contributed by atoms with Crippen LogP contribution in [0.1, 0.15) is 45.2 Å². The zero-order valence-electron chi connectivity index (χ0n) is 24.6. The summed E-state index contributed by atoms with van der Waals surface area (Å²) in [7, 11) is 3.03. The van der Waals surface area contributed by atoms with Crippen molar-refractivity contribution in [2.24, 2.45) is 11.8 Å². The van der Waals surface area contributed by atoms with Crippen LogP contribution in [0.25, 0.3) is 0 Å². The molecule has 5 atom stereocenters. The molecule has 11 heteroatoms. The van der Waals surface area contributed by atoms with Crippen LogP contribution in [0, 0.1) is 11.8 Å². The second kappa shape index (κ2) is 17.5. The Labute approximate surface area is 238 Å². The number of nitrogens with one attached hydrogen (secondary N) is 1. The second-order valence-corrected chi connectivity index (χ2v) is 10.7. The summed E-state index contributed by atoms with van der Waals surface area (Å²) in [5.74, 6) is 0.192. The maximum absolute atomic E-state index is 13.7. The van der Waals surface area contributed by atoms with E-state index in [2.05, 4.69) is 19.2 Å². The maximum Gasteiger partial charge on any atom is 0.237 e. The number of nitrogens with zero attached hydrogens (tertiary/aromatic N) is 2. The predicted molar refractivity (Wildman–Crippen MR) is 151 cm³/mol. The molecule has 1 aliphatic heterocycles. The van der Waals surface area contributed by atoms with Gasteiger partial charge in [-0.15, -0.1) is 0 Å². The summed E-state index contributed by atoms with van der Waals surface area (Å²) in [6.07, 6.45) is -1.98. The monoisotopic (exact) mass is 567 g/mol. The molecule has 4 N–H and O–H groups in total. The molecule has 1 aromatic carbocycles. The van der Waals surface area contributed by atoms with E-state index in [0.717, 1.165) is 5.56 Å². The Morgan fingerprint density at radius 2 is 1.93 bits per heavy atom. The van der Waals surface area contributed by atoms with Gasteiger partial charge in [-0.05, 0) is 36.5 Å². The van der Waals surface area contributed by atoms with Gasteiger partial charge in [-0.2, -0.15) is 0 Å². The van der Waals surface area contributed by atoms with E-state index in [4.69, 9.17) is 14.2 Å². The number of carbonyl (C=O) groups excluding carboxylic acids is 2. The molecule has 2 amide bonds. The van der Waals surface area contributed by atoms with E-state index in [-0.39, 0.29) is 50.0 Å². The van der Waals surface area contributed by atoms with Gasteiger partial charge in [0.15, 0.2) is 0 Å². The topological polar surface area (TPSA) is 141 Å². The van der Waals surface area contributed by atoms with E-state index in [1.165, 1.54) is 14.0 Å². The quantitative estimate of drug-likeness (QED) is 0.336. The average molecular weight is 568 g/mol. The molecule has 0 saturated carbocycles. The first kappa shape index (κ1) is 33.9. The minimum Gasteiger partial charge on any atom is -0.497 e. The Morgan fingerprint density at radius 1 is 1.18 bits per heavy atom. The van der Waals surface area contributed by atoms with Gasteiger partial charge in [-0.25, -0.2) is 0 Å². The van der Waals surface area contributed by atoms with Gasteiger partial charge in [-0.1, -0.05) is 26.0 Å². The van der Waals surface area contributed by atoms with E-state index in [9.17, 15) is 24.9 Å². The Kier molecular flexibility index (Phi) is 14.9. The van der Waals surface area contributed by atoms with Gasteiger partial charge in [0.05, 0.1) is 32.9 Å². The number of ether oxygens (including phenoxy) is 3. The number of hydrogen-bond acceptors (Lipinski definition) is 9.